The molecule has 12 heavy (non-hydrogen) atoms. The number of hydrogen-bond acceptors (Lipinski definition) is 2. The molecule has 0 N–H and O–H groups in total. The predicted octanol–water partition coefficient (Wildman–Crippen LogP) is 3.11. The minimum absolute atomic E-state index is 0.543. The molecule has 0 fully saturated rings. The molecular weight excluding hydrogens is 168 g/mol. The minimum Gasteiger partial charge on any atom is -0.496 e. The van der Waals surface area contributed by atoms with Gasteiger partial charge in [-0.05, 0) is 23.6 Å². The number of rotatable bonds is 2. The van der Waals surface area contributed by atoms with Crippen LogP contribution >= 0.6 is 12.6 Å². The lowest BCUT2D eigenvalue weighted by Gasteiger charge is -2.08. The second-order valence-electron chi connectivity index (χ2n) is 3.09. The lowest BCUT2D eigenvalue weighted by atomic mass is 10.0. The Morgan fingerprint density at radius 1 is 1.33 bits per heavy atom. The van der Waals surface area contributed by atoms with Gasteiger partial charge >= 0.3 is 0 Å². The van der Waals surface area contributed by atoms with Crippen molar-refractivity contribution in [1.82, 2.24) is 0 Å². The SMILES string of the molecule is COc1ccc(C(C)C)cc1S. The highest BCUT2D eigenvalue weighted by molar-refractivity contribution is 7.80. The van der Waals surface area contributed by atoms with Gasteiger partial charge in [-0.2, -0.15) is 0 Å². The normalized spacial score (nSPS) is 10.4. The van der Waals surface area contributed by atoms with Crippen molar-refractivity contribution in [2.24, 2.45) is 0 Å². The van der Waals surface area contributed by atoms with Crippen LogP contribution in [0.4, 0.5) is 0 Å². The Hall–Kier alpha value is -0.630. The second-order valence-corrected chi connectivity index (χ2v) is 3.57. The molecule has 0 bridgehead atoms. The van der Waals surface area contributed by atoms with E-state index in [2.05, 4.69) is 32.5 Å². The van der Waals surface area contributed by atoms with Gasteiger partial charge in [-0.15, -0.1) is 12.6 Å². The Labute approximate surface area is 79.2 Å². The van der Waals surface area contributed by atoms with Gasteiger partial charge in [0, 0.05) is 4.90 Å². The quantitative estimate of drug-likeness (QED) is 0.691. The Balaban J connectivity index is 3.02. The molecule has 0 aromatic heterocycles. The summed E-state index contributed by atoms with van der Waals surface area (Å²) < 4.78 is 5.10. The highest BCUT2D eigenvalue weighted by Crippen LogP contribution is 2.26. The van der Waals surface area contributed by atoms with Crippen molar-refractivity contribution in [2.75, 3.05) is 7.11 Å². The van der Waals surface area contributed by atoms with Crippen molar-refractivity contribution in [2.45, 2.75) is 24.7 Å². The zero-order valence-corrected chi connectivity index (χ0v) is 8.56. The number of benzene rings is 1. The molecule has 0 radical (unpaired) electrons. The second kappa shape index (κ2) is 3.85. The van der Waals surface area contributed by atoms with E-state index in [4.69, 9.17) is 4.74 Å². The average molecular weight is 182 g/mol. The first kappa shape index (κ1) is 9.46. The molecule has 0 aliphatic heterocycles. The minimum atomic E-state index is 0.543. The average Bonchev–Trinajstić information content (AvgIpc) is 2.04. The molecule has 1 nitrogen and oxygen atoms in total. The summed E-state index contributed by atoms with van der Waals surface area (Å²) in [6.07, 6.45) is 0. The molecule has 0 heterocycles. The number of ether oxygens (including phenoxy) is 1. The van der Waals surface area contributed by atoms with E-state index in [1.807, 2.05) is 12.1 Å². The summed E-state index contributed by atoms with van der Waals surface area (Å²) in [5.41, 5.74) is 1.29. The first-order chi connectivity index (χ1) is 5.65. The third-order valence-corrected chi connectivity index (χ3v) is 2.22. The summed E-state index contributed by atoms with van der Waals surface area (Å²) in [6.45, 7) is 4.32. The molecule has 1 aromatic carbocycles. The van der Waals surface area contributed by atoms with Crippen LogP contribution in [0, 0.1) is 0 Å². The molecule has 1 aromatic rings. The zero-order chi connectivity index (χ0) is 9.14. The molecule has 0 unspecified atom stereocenters. The molecular formula is C10H14OS. The van der Waals surface area contributed by atoms with Crippen LogP contribution in [-0.2, 0) is 0 Å². The van der Waals surface area contributed by atoms with E-state index in [1.165, 1.54) is 5.56 Å². The van der Waals surface area contributed by atoms with Gasteiger partial charge in [0.2, 0.25) is 0 Å². The Bertz CT molecular complexity index is 269. The Morgan fingerprint density at radius 3 is 2.42 bits per heavy atom. The van der Waals surface area contributed by atoms with Crippen LogP contribution in [0.25, 0.3) is 0 Å². The summed E-state index contributed by atoms with van der Waals surface area (Å²) in [5.74, 6) is 1.38. The van der Waals surface area contributed by atoms with E-state index in [-0.39, 0.29) is 0 Å². The topological polar surface area (TPSA) is 9.23 Å². The standard InChI is InChI=1S/C10H14OS/c1-7(2)8-4-5-9(11-3)10(12)6-8/h4-7,12H,1-3H3. The Kier molecular flexibility index (Phi) is 3.04. The van der Waals surface area contributed by atoms with Crippen molar-refractivity contribution >= 4 is 12.6 Å². The molecule has 0 amide bonds. The van der Waals surface area contributed by atoms with Crippen molar-refractivity contribution in [1.29, 1.82) is 0 Å². The molecule has 0 atom stereocenters. The monoisotopic (exact) mass is 182 g/mol. The van der Waals surface area contributed by atoms with Crippen LogP contribution in [0.15, 0.2) is 23.1 Å². The fourth-order valence-corrected chi connectivity index (χ4v) is 1.38. The van der Waals surface area contributed by atoms with Crippen LogP contribution < -0.4 is 4.74 Å². The summed E-state index contributed by atoms with van der Waals surface area (Å²) in [4.78, 5) is 0.906. The maximum atomic E-state index is 5.10. The predicted molar refractivity (Wildman–Crippen MR) is 54.3 cm³/mol. The van der Waals surface area contributed by atoms with Crippen LogP contribution in [0.5, 0.6) is 5.75 Å². The van der Waals surface area contributed by atoms with E-state index in [9.17, 15) is 0 Å². The largest absolute Gasteiger partial charge is 0.496 e. The van der Waals surface area contributed by atoms with Gasteiger partial charge in [0.15, 0.2) is 0 Å². The van der Waals surface area contributed by atoms with Crippen molar-refractivity contribution in [3.05, 3.63) is 23.8 Å². The highest BCUT2D eigenvalue weighted by Gasteiger charge is 2.02. The molecule has 66 valence electrons. The molecule has 0 saturated carbocycles. The highest BCUT2D eigenvalue weighted by atomic mass is 32.1. The lowest BCUT2D eigenvalue weighted by molar-refractivity contribution is 0.404. The first-order valence-electron chi connectivity index (χ1n) is 4.02. The van der Waals surface area contributed by atoms with Gasteiger partial charge in [-0.3, -0.25) is 0 Å². The number of hydrogen-bond donors (Lipinski definition) is 1. The summed E-state index contributed by atoms with van der Waals surface area (Å²) >= 11 is 4.32. The number of methoxy groups -OCH3 is 1. The van der Waals surface area contributed by atoms with Crippen LogP contribution in [0.1, 0.15) is 25.3 Å². The van der Waals surface area contributed by atoms with Gasteiger partial charge in [-0.25, -0.2) is 0 Å². The maximum absolute atomic E-state index is 5.10. The third-order valence-electron chi connectivity index (χ3n) is 1.87. The molecule has 0 saturated heterocycles. The van der Waals surface area contributed by atoms with Gasteiger partial charge in [-0.1, -0.05) is 19.9 Å². The van der Waals surface area contributed by atoms with E-state index in [0.717, 1.165) is 10.6 Å². The summed E-state index contributed by atoms with van der Waals surface area (Å²) in [5, 5.41) is 0. The van der Waals surface area contributed by atoms with E-state index < -0.39 is 0 Å². The smallest absolute Gasteiger partial charge is 0.132 e. The van der Waals surface area contributed by atoms with Crippen molar-refractivity contribution in [3.63, 3.8) is 0 Å². The van der Waals surface area contributed by atoms with Gasteiger partial charge < -0.3 is 4.74 Å². The molecule has 0 aliphatic rings. The lowest BCUT2D eigenvalue weighted by Crippen LogP contribution is -1.89. The first-order valence-corrected chi connectivity index (χ1v) is 4.46. The third kappa shape index (κ3) is 1.95. The van der Waals surface area contributed by atoms with Crippen molar-refractivity contribution in [3.8, 4) is 5.75 Å². The Morgan fingerprint density at radius 2 is 2.00 bits per heavy atom. The molecule has 0 spiro atoms. The van der Waals surface area contributed by atoms with Crippen molar-refractivity contribution < 1.29 is 4.74 Å². The summed E-state index contributed by atoms with van der Waals surface area (Å²) in [6, 6.07) is 6.08. The van der Waals surface area contributed by atoms with E-state index >= 15 is 0 Å². The molecule has 0 aliphatic carbocycles. The van der Waals surface area contributed by atoms with Gasteiger partial charge in [0.1, 0.15) is 5.75 Å². The van der Waals surface area contributed by atoms with Crippen LogP contribution in [0.2, 0.25) is 0 Å². The molecule has 1 rings (SSSR count). The number of thiol groups is 1. The van der Waals surface area contributed by atoms with E-state index in [1.54, 1.807) is 7.11 Å². The van der Waals surface area contributed by atoms with E-state index in [0.29, 0.717) is 5.92 Å². The maximum Gasteiger partial charge on any atom is 0.132 e. The fraction of sp³-hybridized carbons (Fsp3) is 0.400. The van der Waals surface area contributed by atoms with Crippen LogP contribution in [0.3, 0.4) is 0 Å². The zero-order valence-electron chi connectivity index (χ0n) is 7.66. The van der Waals surface area contributed by atoms with Crippen LogP contribution in [-0.4, -0.2) is 7.11 Å². The van der Waals surface area contributed by atoms with Gasteiger partial charge in [0.25, 0.3) is 0 Å². The molecule has 2 heteroatoms. The fourth-order valence-electron chi connectivity index (χ4n) is 1.07. The summed E-state index contributed by atoms with van der Waals surface area (Å²) in [7, 11) is 1.66. The van der Waals surface area contributed by atoms with Gasteiger partial charge in [0.05, 0.1) is 7.11 Å².